The van der Waals surface area contributed by atoms with Crippen molar-refractivity contribution in [2.45, 2.75) is 12.8 Å². The summed E-state index contributed by atoms with van der Waals surface area (Å²) in [6.45, 7) is 1.92. The van der Waals surface area contributed by atoms with Crippen LogP contribution in [-0.4, -0.2) is 43.9 Å². The molecule has 1 rings (SSSR count). The van der Waals surface area contributed by atoms with Crippen LogP contribution >= 0.6 is 0 Å². The molecule has 0 atom stereocenters. The van der Waals surface area contributed by atoms with Gasteiger partial charge >= 0.3 is 0 Å². The molecule has 3 nitrogen and oxygen atoms in total. The van der Waals surface area contributed by atoms with Gasteiger partial charge < -0.3 is 14.7 Å². The average molecular weight is 241 g/mol. The van der Waals surface area contributed by atoms with Gasteiger partial charge in [0.15, 0.2) is 11.6 Å². The molecule has 0 aromatic heterocycles. The van der Waals surface area contributed by atoms with Gasteiger partial charge in [0.1, 0.15) is 0 Å². The molecular formula is C13H20FNO2. The largest absolute Gasteiger partial charge is 0.494 e. The van der Waals surface area contributed by atoms with Gasteiger partial charge in [0.2, 0.25) is 0 Å². The summed E-state index contributed by atoms with van der Waals surface area (Å²) in [5.41, 5.74) is 0.958. The molecule has 0 aliphatic heterocycles. The summed E-state index contributed by atoms with van der Waals surface area (Å²) in [6.07, 6.45) is 1.57. The third kappa shape index (κ3) is 4.71. The van der Waals surface area contributed by atoms with E-state index in [0.717, 1.165) is 31.5 Å². The first-order valence-electron chi connectivity index (χ1n) is 5.79. The van der Waals surface area contributed by atoms with Gasteiger partial charge in [-0.25, -0.2) is 4.39 Å². The van der Waals surface area contributed by atoms with E-state index in [1.165, 1.54) is 13.2 Å². The molecule has 0 saturated carbocycles. The Labute approximate surface area is 102 Å². The van der Waals surface area contributed by atoms with Crippen molar-refractivity contribution in [2.75, 3.05) is 33.9 Å². The van der Waals surface area contributed by atoms with Gasteiger partial charge in [-0.1, -0.05) is 6.07 Å². The third-order valence-corrected chi connectivity index (χ3v) is 2.70. The highest BCUT2D eigenvalue weighted by Gasteiger charge is 2.04. The lowest BCUT2D eigenvalue weighted by Crippen LogP contribution is -2.23. The average Bonchev–Trinajstić information content (AvgIpc) is 2.34. The van der Waals surface area contributed by atoms with Crippen LogP contribution in [0.15, 0.2) is 18.2 Å². The molecule has 0 unspecified atom stereocenters. The fourth-order valence-corrected chi connectivity index (χ4v) is 1.64. The maximum absolute atomic E-state index is 13.4. The number of halogens is 1. The molecule has 0 aliphatic carbocycles. The summed E-state index contributed by atoms with van der Waals surface area (Å²) in [6, 6.07) is 5.04. The highest BCUT2D eigenvalue weighted by Crippen LogP contribution is 2.17. The monoisotopic (exact) mass is 241 g/mol. The molecule has 1 aromatic rings. The van der Waals surface area contributed by atoms with Crippen molar-refractivity contribution in [1.82, 2.24) is 4.90 Å². The van der Waals surface area contributed by atoms with Crippen molar-refractivity contribution in [3.63, 3.8) is 0 Å². The Morgan fingerprint density at radius 1 is 1.35 bits per heavy atom. The Kier molecular flexibility index (Phi) is 5.94. The van der Waals surface area contributed by atoms with E-state index in [1.807, 2.05) is 13.1 Å². The van der Waals surface area contributed by atoms with E-state index in [1.54, 1.807) is 6.07 Å². The van der Waals surface area contributed by atoms with Crippen LogP contribution in [0.25, 0.3) is 0 Å². The number of aliphatic hydroxyl groups excluding tert-OH is 1. The zero-order chi connectivity index (χ0) is 12.7. The number of hydrogen-bond donors (Lipinski definition) is 1. The van der Waals surface area contributed by atoms with Crippen LogP contribution in [0.3, 0.4) is 0 Å². The van der Waals surface area contributed by atoms with Gasteiger partial charge in [0, 0.05) is 19.7 Å². The van der Waals surface area contributed by atoms with E-state index in [4.69, 9.17) is 9.84 Å². The van der Waals surface area contributed by atoms with Crippen molar-refractivity contribution in [2.24, 2.45) is 0 Å². The van der Waals surface area contributed by atoms with Crippen LogP contribution < -0.4 is 4.74 Å². The summed E-state index contributed by atoms with van der Waals surface area (Å²) in [7, 11) is 3.45. The van der Waals surface area contributed by atoms with Gasteiger partial charge in [-0.3, -0.25) is 0 Å². The quantitative estimate of drug-likeness (QED) is 0.788. The Morgan fingerprint density at radius 3 is 2.71 bits per heavy atom. The predicted octanol–water partition coefficient (Wildman–Crippen LogP) is 1.69. The molecule has 1 N–H and O–H groups in total. The molecule has 4 heteroatoms. The number of hydrogen-bond acceptors (Lipinski definition) is 3. The second-order valence-corrected chi connectivity index (χ2v) is 4.10. The molecule has 0 saturated heterocycles. The molecule has 96 valence electrons. The number of aliphatic hydroxyl groups is 1. The van der Waals surface area contributed by atoms with E-state index in [2.05, 4.69) is 4.90 Å². The molecule has 0 bridgehead atoms. The molecule has 17 heavy (non-hydrogen) atoms. The molecule has 0 amide bonds. The van der Waals surface area contributed by atoms with Gasteiger partial charge in [-0.2, -0.15) is 0 Å². The third-order valence-electron chi connectivity index (χ3n) is 2.70. The molecule has 0 spiro atoms. The van der Waals surface area contributed by atoms with Crippen molar-refractivity contribution < 1.29 is 14.2 Å². The van der Waals surface area contributed by atoms with E-state index < -0.39 is 0 Å². The van der Waals surface area contributed by atoms with Crippen LogP contribution in [0.5, 0.6) is 5.75 Å². The summed E-state index contributed by atoms with van der Waals surface area (Å²) < 4.78 is 18.3. The molecule has 0 aliphatic rings. The number of rotatable bonds is 7. The molecule has 0 fully saturated rings. The predicted molar refractivity (Wildman–Crippen MR) is 65.9 cm³/mol. The SMILES string of the molecule is COc1ccc(CCN(C)CCCO)cc1F. The second kappa shape index (κ2) is 7.25. The fourth-order valence-electron chi connectivity index (χ4n) is 1.64. The zero-order valence-electron chi connectivity index (χ0n) is 10.4. The minimum absolute atomic E-state index is 0.210. The molecule has 0 radical (unpaired) electrons. The fraction of sp³-hybridized carbons (Fsp3) is 0.538. The summed E-state index contributed by atoms with van der Waals surface area (Å²) in [5.74, 6) is -0.0367. The highest BCUT2D eigenvalue weighted by molar-refractivity contribution is 5.29. The first-order chi connectivity index (χ1) is 8.17. The number of benzene rings is 1. The lowest BCUT2D eigenvalue weighted by atomic mass is 10.1. The van der Waals surface area contributed by atoms with Crippen LogP contribution in [0.1, 0.15) is 12.0 Å². The minimum Gasteiger partial charge on any atom is -0.494 e. The standard InChI is InChI=1S/C13H20FNO2/c1-15(7-3-9-16)8-6-11-4-5-13(17-2)12(14)10-11/h4-5,10,16H,3,6-9H2,1-2H3. The van der Waals surface area contributed by atoms with Crippen molar-refractivity contribution in [3.05, 3.63) is 29.6 Å². The van der Waals surface area contributed by atoms with E-state index in [-0.39, 0.29) is 18.2 Å². The Morgan fingerprint density at radius 2 is 2.12 bits per heavy atom. The van der Waals surface area contributed by atoms with Crippen molar-refractivity contribution in [3.8, 4) is 5.75 Å². The Balaban J connectivity index is 2.44. The number of likely N-dealkylation sites (N-methyl/N-ethyl adjacent to an activating group) is 1. The minimum atomic E-state index is -0.317. The molecule has 1 aromatic carbocycles. The van der Waals surface area contributed by atoms with Crippen LogP contribution in [0.2, 0.25) is 0 Å². The Bertz CT molecular complexity index is 344. The van der Waals surface area contributed by atoms with Gasteiger partial charge in [0.25, 0.3) is 0 Å². The topological polar surface area (TPSA) is 32.7 Å². The van der Waals surface area contributed by atoms with Crippen molar-refractivity contribution in [1.29, 1.82) is 0 Å². The number of methoxy groups -OCH3 is 1. The summed E-state index contributed by atoms with van der Waals surface area (Å²) in [5, 5.41) is 8.70. The summed E-state index contributed by atoms with van der Waals surface area (Å²) in [4.78, 5) is 2.12. The van der Waals surface area contributed by atoms with Gasteiger partial charge in [0.05, 0.1) is 7.11 Å². The normalized spacial score (nSPS) is 10.9. The van der Waals surface area contributed by atoms with Crippen LogP contribution in [0.4, 0.5) is 4.39 Å². The van der Waals surface area contributed by atoms with Crippen LogP contribution in [-0.2, 0) is 6.42 Å². The lowest BCUT2D eigenvalue weighted by Gasteiger charge is -2.15. The first kappa shape index (κ1) is 13.9. The second-order valence-electron chi connectivity index (χ2n) is 4.10. The molecular weight excluding hydrogens is 221 g/mol. The number of ether oxygens (including phenoxy) is 1. The van der Waals surface area contributed by atoms with E-state index >= 15 is 0 Å². The maximum Gasteiger partial charge on any atom is 0.165 e. The maximum atomic E-state index is 13.4. The summed E-state index contributed by atoms with van der Waals surface area (Å²) >= 11 is 0. The van der Waals surface area contributed by atoms with Gasteiger partial charge in [-0.15, -0.1) is 0 Å². The first-order valence-corrected chi connectivity index (χ1v) is 5.79. The Hall–Kier alpha value is -1.13. The molecule has 0 heterocycles. The smallest absolute Gasteiger partial charge is 0.165 e. The lowest BCUT2D eigenvalue weighted by molar-refractivity contribution is 0.248. The van der Waals surface area contributed by atoms with Crippen LogP contribution in [0, 0.1) is 5.82 Å². The van der Waals surface area contributed by atoms with E-state index in [0.29, 0.717) is 0 Å². The highest BCUT2D eigenvalue weighted by atomic mass is 19.1. The van der Waals surface area contributed by atoms with Crippen molar-refractivity contribution >= 4 is 0 Å². The van der Waals surface area contributed by atoms with Gasteiger partial charge in [-0.05, 0) is 37.6 Å². The number of nitrogens with zero attached hydrogens (tertiary/aromatic N) is 1. The zero-order valence-corrected chi connectivity index (χ0v) is 10.4. The van der Waals surface area contributed by atoms with E-state index in [9.17, 15) is 4.39 Å².